The van der Waals surface area contributed by atoms with Crippen molar-refractivity contribution < 1.29 is 17.9 Å². The summed E-state index contributed by atoms with van der Waals surface area (Å²) in [6.07, 6.45) is -3.67. The molecular formula is C15H22F3NO. The Morgan fingerprint density at radius 3 is 2.55 bits per heavy atom. The summed E-state index contributed by atoms with van der Waals surface area (Å²) in [7, 11) is 0. The molecule has 0 heterocycles. The molecule has 0 radical (unpaired) electrons. The van der Waals surface area contributed by atoms with Crippen LogP contribution in [0.3, 0.4) is 0 Å². The van der Waals surface area contributed by atoms with Gasteiger partial charge in [0.2, 0.25) is 0 Å². The molecule has 1 atom stereocenters. The Morgan fingerprint density at radius 2 is 1.95 bits per heavy atom. The van der Waals surface area contributed by atoms with E-state index in [4.69, 9.17) is 4.74 Å². The lowest BCUT2D eigenvalue weighted by atomic mass is 9.92. The number of nitrogens with one attached hydrogen (secondary N) is 1. The van der Waals surface area contributed by atoms with E-state index < -0.39 is 12.8 Å². The molecule has 2 nitrogen and oxygen atoms in total. The third-order valence-electron chi connectivity index (χ3n) is 3.15. The van der Waals surface area contributed by atoms with Crippen LogP contribution in [0.5, 0.6) is 0 Å². The maximum Gasteiger partial charge on any atom is 0.411 e. The van der Waals surface area contributed by atoms with E-state index in [0.717, 1.165) is 18.7 Å². The fourth-order valence-electron chi connectivity index (χ4n) is 2.14. The zero-order valence-corrected chi connectivity index (χ0v) is 12.0. The maximum absolute atomic E-state index is 12.0. The van der Waals surface area contributed by atoms with Crippen LogP contribution in [0.25, 0.3) is 0 Å². The molecule has 0 saturated carbocycles. The van der Waals surface area contributed by atoms with Crippen LogP contribution in [0.4, 0.5) is 13.2 Å². The summed E-state index contributed by atoms with van der Waals surface area (Å²) in [6.45, 7) is 4.56. The SMILES string of the molecule is CCNCC(CCOCC(F)(F)F)c1ccccc1C. The minimum Gasteiger partial charge on any atom is -0.372 e. The molecule has 0 aliphatic rings. The van der Waals surface area contributed by atoms with E-state index in [0.29, 0.717) is 6.42 Å². The molecule has 1 aromatic carbocycles. The molecule has 114 valence electrons. The second-order valence-electron chi connectivity index (χ2n) is 4.82. The Balaban J connectivity index is 2.55. The smallest absolute Gasteiger partial charge is 0.372 e. The Labute approximate surface area is 118 Å². The van der Waals surface area contributed by atoms with Crippen LogP contribution in [0, 0.1) is 6.92 Å². The van der Waals surface area contributed by atoms with Gasteiger partial charge in [-0.3, -0.25) is 0 Å². The Hall–Kier alpha value is -1.07. The minimum atomic E-state index is -4.25. The molecule has 0 fully saturated rings. The van der Waals surface area contributed by atoms with Crippen molar-refractivity contribution in [2.45, 2.75) is 32.4 Å². The van der Waals surface area contributed by atoms with Crippen LogP contribution in [0.1, 0.15) is 30.4 Å². The molecule has 0 saturated heterocycles. The Bertz CT molecular complexity index is 393. The highest BCUT2D eigenvalue weighted by molar-refractivity contribution is 5.29. The number of ether oxygens (including phenoxy) is 1. The predicted molar refractivity (Wildman–Crippen MR) is 74.0 cm³/mol. The van der Waals surface area contributed by atoms with Gasteiger partial charge in [-0.15, -0.1) is 0 Å². The molecule has 5 heteroatoms. The first-order chi connectivity index (χ1) is 9.44. The average Bonchev–Trinajstić information content (AvgIpc) is 2.38. The second kappa shape index (κ2) is 8.27. The number of halogens is 3. The second-order valence-corrected chi connectivity index (χ2v) is 4.82. The van der Waals surface area contributed by atoms with Gasteiger partial charge in [-0.1, -0.05) is 31.2 Å². The normalized spacial score (nSPS) is 13.4. The number of benzene rings is 1. The molecule has 1 unspecified atom stereocenters. The van der Waals surface area contributed by atoms with Crippen LogP contribution in [-0.4, -0.2) is 32.5 Å². The highest BCUT2D eigenvalue weighted by Gasteiger charge is 2.27. The van der Waals surface area contributed by atoms with Gasteiger partial charge in [0.05, 0.1) is 0 Å². The van der Waals surface area contributed by atoms with E-state index >= 15 is 0 Å². The highest BCUT2D eigenvalue weighted by atomic mass is 19.4. The first-order valence-electron chi connectivity index (χ1n) is 6.84. The van der Waals surface area contributed by atoms with E-state index in [-0.39, 0.29) is 12.5 Å². The van der Waals surface area contributed by atoms with Gasteiger partial charge >= 0.3 is 6.18 Å². The fourth-order valence-corrected chi connectivity index (χ4v) is 2.14. The molecule has 0 aliphatic heterocycles. The van der Waals surface area contributed by atoms with Gasteiger partial charge in [0.25, 0.3) is 0 Å². The molecule has 0 spiro atoms. The number of likely N-dealkylation sites (N-methyl/N-ethyl adjacent to an activating group) is 1. The summed E-state index contributed by atoms with van der Waals surface area (Å²) >= 11 is 0. The summed E-state index contributed by atoms with van der Waals surface area (Å²) in [5.74, 6) is 0.171. The lowest BCUT2D eigenvalue weighted by molar-refractivity contribution is -0.174. The standard InChI is InChI=1S/C15H22F3NO/c1-3-19-10-13(8-9-20-11-15(16,17)18)14-7-5-4-6-12(14)2/h4-7,13,19H,3,8-11H2,1-2H3. The molecule has 0 aromatic heterocycles. The van der Waals surface area contributed by atoms with Crippen LogP contribution < -0.4 is 5.32 Å². The van der Waals surface area contributed by atoms with Crippen molar-refractivity contribution in [3.05, 3.63) is 35.4 Å². The quantitative estimate of drug-likeness (QED) is 0.737. The van der Waals surface area contributed by atoms with Crippen LogP contribution >= 0.6 is 0 Å². The summed E-state index contributed by atoms with van der Waals surface area (Å²) in [6, 6.07) is 7.97. The number of alkyl halides is 3. The van der Waals surface area contributed by atoms with E-state index in [1.165, 1.54) is 5.56 Å². The summed E-state index contributed by atoms with van der Waals surface area (Å²) in [5, 5.41) is 3.25. The zero-order valence-electron chi connectivity index (χ0n) is 12.0. The van der Waals surface area contributed by atoms with Crippen molar-refractivity contribution in [1.82, 2.24) is 5.32 Å². The summed E-state index contributed by atoms with van der Waals surface area (Å²) in [4.78, 5) is 0. The van der Waals surface area contributed by atoms with Gasteiger partial charge in [-0.25, -0.2) is 0 Å². The van der Waals surface area contributed by atoms with Gasteiger partial charge in [0.1, 0.15) is 6.61 Å². The number of rotatable bonds is 8. The first-order valence-corrected chi connectivity index (χ1v) is 6.84. The van der Waals surface area contributed by atoms with Gasteiger partial charge in [0.15, 0.2) is 0 Å². The predicted octanol–water partition coefficient (Wildman–Crippen LogP) is 3.66. The van der Waals surface area contributed by atoms with Gasteiger partial charge in [-0.05, 0) is 36.9 Å². The lowest BCUT2D eigenvalue weighted by Gasteiger charge is -2.20. The summed E-state index contributed by atoms with van der Waals surface area (Å²) in [5.41, 5.74) is 2.33. The van der Waals surface area contributed by atoms with E-state index in [2.05, 4.69) is 5.32 Å². The van der Waals surface area contributed by atoms with Crippen LogP contribution in [0.2, 0.25) is 0 Å². The molecule has 0 aliphatic carbocycles. The van der Waals surface area contributed by atoms with Crippen molar-refractivity contribution in [1.29, 1.82) is 0 Å². The van der Waals surface area contributed by atoms with Crippen molar-refractivity contribution in [2.75, 3.05) is 26.3 Å². The third kappa shape index (κ3) is 6.39. The number of hydrogen-bond acceptors (Lipinski definition) is 2. The molecule has 0 amide bonds. The van der Waals surface area contributed by atoms with Crippen molar-refractivity contribution >= 4 is 0 Å². The molecule has 0 bridgehead atoms. The van der Waals surface area contributed by atoms with Gasteiger partial charge in [-0.2, -0.15) is 13.2 Å². The summed E-state index contributed by atoms with van der Waals surface area (Å²) < 4.78 is 40.8. The largest absolute Gasteiger partial charge is 0.411 e. The van der Waals surface area contributed by atoms with E-state index in [1.807, 2.05) is 38.1 Å². The maximum atomic E-state index is 12.0. The highest BCUT2D eigenvalue weighted by Crippen LogP contribution is 2.23. The average molecular weight is 289 g/mol. The molecule has 1 aromatic rings. The van der Waals surface area contributed by atoms with E-state index in [1.54, 1.807) is 0 Å². The molecule has 1 rings (SSSR count). The minimum absolute atomic E-state index is 0.115. The topological polar surface area (TPSA) is 21.3 Å². The fraction of sp³-hybridized carbons (Fsp3) is 0.600. The van der Waals surface area contributed by atoms with Gasteiger partial charge in [0, 0.05) is 13.2 Å². The zero-order chi connectivity index (χ0) is 15.0. The molecule has 1 N–H and O–H groups in total. The number of aryl methyl sites for hydroxylation is 1. The van der Waals surface area contributed by atoms with Gasteiger partial charge < -0.3 is 10.1 Å². The van der Waals surface area contributed by atoms with Crippen LogP contribution in [0.15, 0.2) is 24.3 Å². The van der Waals surface area contributed by atoms with Crippen molar-refractivity contribution in [3.63, 3.8) is 0 Å². The monoisotopic (exact) mass is 289 g/mol. The third-order valence-corrected chi connectivity index (χ3v) is 3.15. The van der Waals surface area contributed by atoms with E-state index in [9.17, 15) is 13.2 Å². The Morgan fingerprint density at radius 1 is 1.25 bits per heavy atom. The Kier molecular flexibility index (Phi) is 7.02. The molecule has 20 heavy (non-hydrogen) atoms. The number of hydrogen-bond donors (Lipinski definition) is 1. The van der Waals surface area contributed by atoms with Crippen LogP contribution in [-0.2, 0) is 4.74 Å². The lowest BCUT2D eigenvalue weighted by Crippen LogP contribution is -2.24. The first kappa shape index (κ1) is 17.0. The van der Waals surface area contributed by atoms with Crippen molar-refractivity contribution in [3.8, 4) is 0 Å². The van der Waals surface area contributed by atoms with Crippen molar-refractivity contribution in [2.24, 2.45) is 0 Å². The molecular weight excluding hydrogens is 267 g/mol.